The summed E-state index contributed by atoms with van der Waals surface area (Å²) in [6.45, 7) is 7.92. The molecule has 2 atom stereocenters. The van der Waals surface area contributed by atoms with E-state index in [4.69, 9.17) is 0 Å². The maximum atomic E-state index is 12.6. The topological polar surface area (TPSA) is 54.0 Å². The number of carbonyl (C=O) groups excluding carboxylic acids is 1. The third-order valence-corrected chi connectivity index (χ3v) is 4.22. The average Bonchev–Trinajstić information content (AvgIpc) is 2.90. The molecule has 1 aliphatic heterocycles. The summed E-state index contributed by atoms with van der Waals surface area (Å²) >= 11 is 0. The van der Waals surface area contributed by atoms with Gasteiger partial charge in [0.1, 0.15) is 0 Å². The summed E-state index contributed by atoms with van der Waals surface area (Å²) in [6, 6.07) is 5.72. The van der Waals surface area contributed by atoms with E-state index in [0.717, 1.165) is 25.2 Å². The first kappa shape index (κ1) is 14.0. The van der Waals surface area contributed by atoms with Crippen LogP contribution in [0.3, 0.4) is 0 Å². The van der Waals surface area contributed by atoms with Crippen LogP contribution in [0, 0.1) is 11.3 Å². The van der Waals surface area contributed by atoms with Gasteiger partial charge in [-0.25, -0.2) is 0 Å². The molecule has 0 saturated carbocycles. The van der Waals surface area contributed by atoms with Gasteiger partial charge in [0.15, 0.2) is 0 Å². The summed E-state index contributed by atoms with van der Waals surface area (Å²) in [4.78, 5) is 16.9. The van der Waals surface area contributed by atoms with E-state index in [1.807, 2.05) is 25.1 Å². The summed E-state index contributed by atoms with van der Waals surface area (Å²) in [5, 5.41) is 6.43. The largest absolute Gasteiger partial charge is 0.347 e. The van der Waals surface area contributed by atoms with E-state index in [9.17, 15) is 4.79 Å². The molecule has 4 nitrogen and oxygen atoms in total. The lowest BCUT2D eigenvalue weighted by molar-refractivity contribution is -0.133. The molecule has 1 fully saturated rings. The van der Waals surface area contributed by atoms with Gasteiger partial charge < -0.3 is 10.6 Å². The first-order chi connectivity index (χ1) is 9.06. The van der Waals surface area contributed by atoms with Crippen LogP contribution in [0.2, 0.25) is 0 Å². The Kier molecular flexibility index (Phi) is 4.20. The minimum Gasteiger partial charge on any atom is -0.347 e. The number of nitrogens with one attached hydrogen (secondary N) is 2. The third kappa shape index (κ3) is 2.78. The highest BCUT2D eigenvalue weighted by atomic mass is 16.2. The molecule has 19 heavy (non-hydrogen) atoms. The molecule has 2 heterocycles. The van der Waals surface area contributed by atoms with Crippen molar-refractivity contribution in [2.45, 2.75) is 33.2 Å². The zero-order valence-electron chi connectivity index (χ0n) is 11.9. The smallest absolute Gasteiger partial charge is 0.228 e. The Bertz CT molecular complexity index is 424. The van der Waals surface area contributed by atoms with E-state index in [2.05, 4.69) is 29.5 Å². The normalized spacial score (nSPS) is 24.4. The van der Waals surface area contributed by atoms with Crippen LogP contribution in [0.5, 0.6) is 0 Å². The molecule has 2 rings (SSSR count). The van der Waals surface area contributed by atoms with Gasteiger partial charge in [0.2, 0.25) is 5.91 Å². The number of amides is 1. The SMILES string of the molecule is CC(C)C1(C(=O)N[C@@H](C)c2ccccn2)CCNC1. The molecule has 1 aliphatic rings. The molecule has 1 aromatic heterocycles. The zero-order chi connectivity index (χ0) is 13.9. The summed E-state index contributed by atoms with van der Waals surface area (Å²) < 4.78 is 0. The first-order valence-corrected chi connectivity index (χ1v) is 6.99. The van der Waals surface area contributed by atoms with Crippen LogP contribution in [0.1, 0.15) is 38.9 Å². The van der Waals surface area contributed by atoms with Crippen molar-refractivity contribution in [3.8, 4) is 0 Å². The Morgan fingerprint density at radius 1 is 1.42 bits per heavy atom. The van der Waals surface area contributed by atoms with Crippen molar-refractivity contribution in [2.75, 3.05) is 13.1 Å². The van der Waals surface area contributed by atoms with E-state index in [0.29, 0.717) is 5.92 Å². The van der Waals surface area contributed by atoms with E-state index < -0.39 is 0 Å². The fourth-order valence-electron chi connectivity index (χ4n) is 2.71. The molecule has 0 radical (unpaired) electrons. The van der Waals surface area contributed by atoms with Gasteiger partial charge in [-0.05, 0) is 37.9 Å². The second-order valence-electron chi connectivity index (χ2n) is 5.69. The second-order valence-corrected chi connectivity index (χ2v) is 5.69. The van der Waals surface area contributed by atoms with Crippen molar-refractivity contribution in [3.63, 3.8) is 0 Å². The number of rotatable bonds is 4. The Morgan fingerprint density at radius 2 is 2.21 bits per heavy atom. The van der Waals surface area contributed by atoms with Crippen LogP contribution in [0.4, 0.5) is 0 Å². The van der Waals surface area contributed by atoms with Crippen LogP contribution in [-0.2, 0) is 4.79 Å². The lowest BCUT2D eigenvalue weighted by Gasteiger charge is -2.32. The Hall–Kier alpha value is -1.42. The molecule has 0 aromatic carbocycles. The predicted molar refractivity (Wildman–Crippen MR) is 75.6 cm³/mol. The molecule has 0 spiro atoms. The molecule has 0 bridgehead atoms. The highest BCUT2D eigenvalue weighted by Crippen LogP contribution is 2.34. The summed E-state index contributed by atoms with van der Waals surface area (Å²) in [5.41, 5.74) is 0.629. The van der Waals surface area contributed by atoms with Gasteiger partial charge in [-0.2, -0.15) is 0 Å². The maximum absolute atomic E-state index is 12.6. The van der Waals surface area contributed by atoms with Gasteiger partial charge in [-0.15, -0.1) is 0 Å². The molecular formula is C15H23N3O. The number of carbonyl (C=O) groups is 1. The van der Waals surface area contributed by atoms with E-state index in [1.54, 1.807) is 6.20 Å². The van der Waals surface area contributed by atoms with Gasteiger partial charge >= 0.3 is 0 Å². The number of nitrogens with zero attached hydrogens (tertiary/aromatic N) is 1. The van der Waals surface area contributed by atoms with Crippen molar-refractivity contribution >= 4 is 5.91 Å². The van der Waals surface area contributed by atoms with Crippen molar-refractivity contribution in [3.05, 3.63) is 30.1 Å². The molecule has 2 N–H and O–H groups in total. The van der Waals surface area contributed by atoms with Crippen molar-refractivity contribution in [1.82, 2.24) is 15.6 Å². The van der Waals surface area contributed by atoms with Crippen molar-refractivity contribution < 1.29 is 4.79 Å². The third-order valence-electron chi connectivity index (χ3n) is 4.22. The van der Waals surface area contributed by atoms with Crippen LogP contribution in [0.25, 0.3) is 0 Å². The average molecular weight is 261 g/mol. The fourth-order valence-corrected chi connectivity index (χ4v) is 2.71. The van der Waals surface area contributed by atoms with Gasteiger partial charge in [0.25, 0.3) is 0 Å². The van der Waals surface area contributed by atoms with E-state index in [-0.39, 0.29) is 17.4 Å². The minimum atomic E-state index is -0.275. The van der Waals surface area contributed by atoms with Crippen molar-refractivity contribution in [1.29, 1.82) is 0 Å². The zero-order valence-corrected chi connectivity index (χ0v) is 11.9. The van der Waals surface area contributed by atoms with Crippen molar-refractivity contribution in [2.24, 2.45) is 11.3 Å². The summed E-state index contributed by atoms with van der Waals surface area (Å²) in [5.74, 6) is 0.476. The second kappa shape index (κ2) is 5.70. The summed E-state index contributed by atoms with van der Waals surface area (Å²) in [6.07, 6.45) is 2.67. The molecule has 1 aromatic rings. The Labute approximate surface area is 115 Å². The number of pyridine rings is 1. The highest BCUT2D eigenvalue weighted by molar-refractivity contribution is 5.84. The predicted octanol–water partition coefficient (Wildman–Crippen LogP) is 1.89. The molecular weight excluding hydrogens is 238 g/mol. The summed E-state index contributed by atoms with van der Waals surface area (Å²) in [7, 11) is 0. The van der Waals surface area contributed by atoms with E-state index >= 15 is 0 Å². The Balaban J connectivity index is 2.08. The van der Waals surface area contributed by atoms with Crippen LogP contribution in [0.15, 0.2) is 24.4 Å². The minimum absolute atomic E-state index is 0.0510. The quantitative estimate of drug-likeness (QED) is 0.870. The fraction of sp³-hybridized carbons (Fsp3) is 0.600. The number of aromatic nitrogens is 1. The molecule has 1 amide bonds. The lowest BCUT2D eigenvalue weighted by atomic mass is 9.75. The van der Waals surface area contributed by atoms with Crippen LogP contribution in [-0.4, -0.2) is 24.0 Å². The van der Waals surface area contributed by atoms with Gasteiger partial charge in [0, 0.05) is 12.7 Å². The standard InChI is InChI=1S/C15H23N3O/c1-11(2)15(7-9-16-10-15)14(19)18-12(3)13-6-4-5-8-17-13/h4-6,8,11-12,16H,7,9-10H2,1-3H3,(H,18,19)/t12-,15?/m0/s1. The monoisotopic (exact) mass is 261 g/mol. The van der Waals surface area contributed by atoms with Crippen LogP contribution < -0.4 is 10.6 Å². The number of hydrogen-bond donors (Lipinski definition) is 2. The Morgan fingerprint density at radius 3 is 2.74 bits per heavy atom. The van der Waals surface area contributed by atoms with E-state index in [1.165, 1.54) is 0 Å². The van der Waals surface area contributed by atoms with Gasteiger partial charge in [-0.1, -0.05) is 19.9 Å². The lowest BCUT2D eigenvalue weighted by Crippen LogP contribution is -2.46. The molecule has 4 heteroatoms. The molecule has 1 saturated heterocycles. The molecule has 0 aliphatic carbocycles. The highest BCUT2D eigenvalue weighted by Gasteiger charge is 2.44. The number of hydrogen-bond acceptors (Lipinski definition) is 3. The molecule has 1 unspecified atom stereocenters. The molecule has 104 valence electrons. The first-order valence-electron chi connectivity index (χ1n) is 6.99. The van der Waals surface area contributed by atoms with Gasteiger partial charge in [0.05, 0.1) is 17.2 Å². The van der Waals surface area contributed by atoms with Crippen LogP contribution >= 0.6 is 0 Å². The van der Waals surface area contributed by atoms with Gasteiger partial charge in [-0.3, -0.25) is 9.78 Å². The maximum Gasteiger partial charge on any atom is 0.228 e.